The Morgan fingerprint density at radius 1 is 1.00 bits per heavy atom. The molecule has 4 rings (SSSR count). The van der Waals surface area contributed by atoms with Crippen molar-refractivity contribution in [2.24, 2.45) is 0 Å². The van der Waals surface area contributed by atoms with Crippen molar-refractivity contribution in [3.05, 3.63) is 59.7 Å². The van der Waals surface area contributed by atoms with Crippen LogP contribution >= 0.6 is 0 Å². The molecule has 0 saturated heterocycles. The molecule has 2 aromatic carbocycles. The van der Waals surface area contributed by atoms with Gasteiger partial charge in [0.05, 0.1) is 35.0 Å². The molecule has 0 radical (unpaired) electrons. The number of benzene rings is 2. The van der Waals surface area contributed by atoms with Crippen molar-refractivity contribution in [2.75, 3.05) is 27.2 Å². The lowest BCUT2D eigenvalue weighted by molar-refractivity contribution is 0.280. The van der Waals surface area contributed by atoms with E-state index < -0.39 is 0 Å². The lowest BCUT2D eigenvalue weighted by Gasteiger charge is -2.13. The van der Waals surface area contributed by atoms with Gasteiger partial charge in [0.1, 0.15) is 11.6 Å². The largest absolute Gasteiger partial charge is 0.493 e. The van der Waals surface area contributed by atoms with Gasteiger partial charge in [0.25, 0.3) is 0 Å². The summed E-state index contributed by atoms with van der Waals surface area (Å²) in [6.45, 7) is 10.3. The van der Waals surface area contributed by atoms with E-state index >= 15 is 0 Å². The molecule has 0 atom stereocenters. The van der Waals surface area contributed by atoms with E-state index in [1.807, 2.05) is 6.20 Å². The van der Waals surface area contributed by atoms with Crippen molar-refractivity contribution >= 4 is 16.6 Å². The van der Waals surface area contributed by atoms with Crippen molar-refractivity contribution in [1.29, 1.82) is 0 Å². The third kappa shape index (κ3) is 4.28. The Balaban J connectivity index is 1.70. The van der Waals surface area contributed by atoms with E-state index in [-0.39, 0.29) is 0 Å². The highest BCUT2D eigenvalue weighted by molar-refractivity contribution is 5.84. The van der Waals surface area contributed by atoms with Crippen LogP contribution in [0.25, 0.3) is 27.7 Å². The van der Waals surface area contributed by atoms with Crippen molar-refractivity contribution in [3.63, 3.8) is 0 Å². The average molecular weight is 417 g/mol. The minimum atomic E-state index is 0.335. The molecule has 0 amide bonds. The van der Waals surface area contributed by atoms with Gasteiger partial charge in [-0.1, -0.05) is 26.0 Å². The summed E-state index contributed by atoms with van der Waals surface area (Å²) in [4.78, 5) is 11.7. The standard InChI is InChI=1S/C26H32N4O/c1-17(2)26-28-19(4)24-16-27-22-10-8-21(15-23(22)30(24)26)20-9-11-25(18(3)14-20)31-13-7-12-29(5)6/h8-11,14-17H,7,12-13H2,1-6H3. The van der Waals surface area contributed by atoms with Gasteiger partial charge in [-0.2, -0.15) is 0 Å². The van der Waals surface area contributed by atoms with Crippen LogP contribution in [-0.4, -0.2) is 46.5 Å². The molecule has 2 heterocycles. The molecule has 5 nitrogen and oxygen atoms in total. The summed E-state index contributed by atoms with van der Waals surface area (Å²) in [6.07, 6.45) is 2.95. The van der Waals surface area contributed by atoms with E-state index in [1.54, 1.807) is 0 Å². The van der Waals surface area contributed by atoms with Crippen LogP contribution in [0.2, 0.25) is 0 Å². The van der Waals surface area contributed by atoms with Crippen molar-refractivity contribution in [3.8, 4) is 16.9 Å². The van der Waals surface area contributed by atoms with E-state index in [0.717, 1.165) is 59.0 Å². The molecule has 0 aliphatic carbocycles. The Kier molecular flexibility index (Phi) is 5.96. The number of nitrogens with zero attached hydrogens (tertiary/aromatic N) is 4. The summed E-state index contributed by atoms with van der Waals surface area (Å²) in [6, 6.07) is 12.9. The normalized spacial score (nSPS) is 11.9. The number of ether oxygens (including phenoxy) is 1. The zero-order chi connectivity index (χ0) is 22.1. The molecule has 4 aromatic rings. The van der Waals surface area contributed by atoms with Gasteiger partial charge < -0.3 is 9.64 Å². The zero-order valence-corrected chi connectivity index (χ0v) is 19.4. The minimum absolute atomic E-state index is 0.335. The van der Waals surface area contributed by atoms with Crippen molar-refractivity contribution in [2.45, 2.75) is 40.0 Å². The lowest BCUT2D eigenvalue weighted by atomic mass is 10.0. The van der Waals surface area contributed by atoms with Crippen LogP contribution in [-0.2, 0) is 0 Å². The summed E-state index contributed by atoms with van der Waals surface area (Å²) in [5, 5.41) is 0. The van der Waals surface area contributed by atoms with Crippen LogP contribution in [0.15, 0.2) is 42.6 Å². The topological polar surface area (TPSA) is 42.7 Å². The fraction of sp³-hybridized carbons (Fsp3) is 0.385. The highest BCUT2D eigenvalue weighted by Crippen LogP contribution is 2.30. The predicted molar refractivity (Wildman–Crippen MR) is 128 cm³/mol. The molecule has 162 valence electrons. The average Bonchev–Trinajstić information content (AvgIpc) is 3.09. The third-order valence-corrected chi connectivity index (χ3v) is 5.70. The Morgan fingerprint density at radius 3 is 2.45 bits per heavy atom. The van der Waals surface area contributed by atoms with Crippen LogP contribution in [0.5, 0.6) is 5.75 Å². The first kappa shape index (κ1) is 21.3. The lowest BCUT2D eigenvalue weighted by Crippen LogP contribution is -2.15. The molecule has 0 N–H and O–H groups in total. The monoisotopic (exact) mass is 416 g/mol. The molecule has 0 spiro atoms. The first-order valence-corrected chi connectivity index (χ1v) is 11.0. The van der Waals surface area contributed by atoms with Gasteiger partial charge in [0, 0.05) is 12.5 Å². The number of hydrogen-bond acceptors (Lipinski definition) is 4. The van der Waals surface area contributed by atoms with E-state index in [9.17, 15) is 0 Å². The van der Waals surface area contributed by atoms with Crippen LogP contribution in [0.1, 0.15) is 43.3 Å². The molecule has 2 aromatic heterocycles. The number of aromatic nitrogens is 3. The molecule has 0 unspecified atom stereocenters. The van der Waals surface area contributed by atoms with Crippen molar-refractivity contribution in [1.82, 2.24) is 19.3 Å². The molecule has 0 saturated carbocycles. The second-order valence-electron chi connectivity index (χ2n) is 8.88. The molecule has 0 aliphatic heterocycles. The smallest absolute Gasteiger partial charge is 0.122 e. The first-order chi connectivity index (χ1) is 14.8. The fourth-order valence-electron chi connectivity index (χ4n) is 4.03. The maximum Gasteiger partial charge on any atom is 0.122 e. The van der Waals surface area contributed by atoms with Gasteiger partial charge in [-0.3, -0.25) is 9.38 Å². The Bertz CT molecular complexity index is 1220. The van der Waals surface area contributed by atoms with Crippen LogP contribution in [0.4, 0.5) is 0 Å². The Labute approximate surface area is 184 Å². The fourth-order valence-corrected chi connectivity index (χ4v) is 4.03. The minimum Gasteiger partial charge on any atom is -0.493 e. The van der Waals surface area contributed by atoms with Gasteiger partial charge in [-0.25, -0.2) is 4.98 Å². The van der Waals surface area contributed by atoms with E-state index in [4.69, 9.17) is 9.72 Å². The number of rotatable bonds is 7. The van der Waals surface area contributed by atoms with Gasteiger partial charge in [0.2, 0.25) is 0 Å². The van der Waals surface area contributed by atoms with Gasteiger partial charge in [-0.15, -0.1) is 0 Å². The van der Waals surface area contributed by atoms with E-state index in [0.29, 0.717) is 5.92 Å². The SMILES string of the molecule is Cc1cc(-c2ccc3ncc4c(C)nc(C(C)C)n4c3c2)ccc1OCCCN(C)C. The summed E-state index contributed by atoms with van der Waals surface area (Å²) < 4.78 is 8.27. The third-order valence-electron chi connectivity index (χ3n) is 5.70. The highest BCUT2D eigenvalue weighted by atomic mass is 16.5. The Morgan fingerprint density at radius 2 is 1.74 bits per heavy atom. The maximum absolute atomic E-state index is 6.00. The molecule has 5 heteroatoms. The summed E-state index contributed by atoms with van der Waals surface area (Å²) in [5.74, 6) is 2.37. The molecule has 31 heavy (non-hydrogen) atoms. The number of hydrogen-bond donors (Lipinski definition) is 0. The molecular formula is C26H32N4O. The van der Waals surface area contributed by atoms with E-state index in [2.05, 4.69) is 92.5 Å². The number of imidazole rings is 1. The summed E-state index contributed by atoms with van der Waals surface area (Å²) >= 11 is 0. The molecule has 0 fully saturated rings. The Hall–Kier alpha value is -2.92. The molecular weight excluding hydrogens is 384 g/mol. The molecule has 0 bridgehead atoms. The van der Waals surface area contributed by atoms with E-state index in [1.165, 1.54) is 11.1 Å². The van der Waals surface area contributed by atoms with Gasteiger partial charge in [0.15, 0.2) is 0 Å². The number of aryl methyl sites for hydroxylation is 2. The zero-order valence-electron chi connectivity index (χ0n) is 19.4. The second kappa shape index (κ2) is 8.67. The quantitative estimate of drug-likeness (QED) is 0.367. The van der Waals surface area contributed by atoms with Gasteiger partial charge >= 0.3 is 0 Å². The van der Waals surface area contributed by atoms with Crippen molar-refractivity contribution < 1.29 is 4.74 Å². The first-order valence-electron chi connectivity index (χ1n) is 11.0. The summed E-state index contributed by atoms with van der Waals surface area (Å²) in [5.41, 5.74) is 7.68. The highest BCUT2D eigenvalue weighted by Gasteiger charge is 2.15. The van der Waals surface area contributed by atoms with Gasteiger partial charge in [-0.05, 0) is 75.3 Å². The molecule has 0 aliphatic rings. The second-order valence-corrected chi connectivity index (χ2v) is 8.88. The van der Waals surface area contributed by atoms with Crippen LogP contribution in [0, 0.1) is 13.8 Å². The van der Waals surface area contributed by atoms with Crippen LogP contribution < -0.4 is 4.74 Å². The van der Waals surface area contributed by atoms with Crippen LogP contribution in [0.3, 0.4) is 0 Å². The maximum atomic E-state index is 6.00. The predicted octanol–water partition coefficient (Wildman–Crippen LogP) is 5.62. The summed E-state index contributed by atoms with van der Waals surface area (Å²) in [7, 11) is 4.17. The number of fused-ring (bicyclic) bond motifs is 3.